The zero-order valence-electron chi connectivity index (χ0n) is 10.2. The standard InChI is InChI=1S/C12H21N3/c1-11(2,3)9-8-10(15(4)14-9)12(13)6-5-7-12/h8H,5-7,13H2,1-4H3. The molecule has 0 unspecified atom stereocenters. The Bertz CT molecular complexity index is 367. The highest BCUT2D eigenvalue weighted by Gasteiger charge is 2.38. The van der Waals surface area contributed by atoms with Crippen molar-refractivity contribution in [3.8, 4) is 0 Å². The van der Waals surface area contributed by atoms with Gasteiger partial charge in [0.2, 0.25) is 0 Å². The van der Waals surface area contributed by atoms with Gasteiger partial charge in [0.25, 0.3) is 0 Å². The lowest BCUT2D eigenvalue weighted by Gasteiger charge is -2.37. The van der Waals surface area contributed by atoms with Crippen LogP contribution >= 0.6 is 0 Å². The quantitative estimate of drug-likeness (QED) is 0.766. The Morgan fingerprint density at radius 2 is 2.00 bits per heavy atom. The normalized spacial score (nSPS) is 20.1. The van der Waals surface area contributed by atoms with Crippen molar-refractivity contribution in [3.05, 3.63) is 17.5 Å². The van der Waals surface area contributed by atoms with Crippen LogP contribution in [0.5, 0.6) is 0 Å². The van der Waals surface area contributed by atoms with Crippen molar-refractivity contribution in [1.82, 2.24) is 9.78 Å². The SMILES string of the molecule is Cn1nc(C(C)(C)C)cc1C1(N)CCC1. The van der Waals surface area contributed by atoms with E-state index in [2.05, 4.69) is 31.9 Å². The van der Waals surface area contributed by atoms with E-state index in [1.807, 2.05) is 11.7 Å². The summed E-state index contributed by atoms with van der Waals surface area (Å²) in [6.45, 7) is 6.55. The summed E-state index contributed by atoms with van der Waals surface area (Å²) in [6, 6.07) is 2.18. The maximum atomic E-state index is 6.32. The fourth-order valence-corrected chi connectivity index (χ4v) is 2.11. The molecule has 15 heavy (non-hydrogen) atoms. The van der Waals surface area contributed by atoms with E-state index in [0.29, 0.717) is 0 Å². The van der Waals surface area contributed by atoms with Gasteiger partial charge in [-0.05, 0) is 25.3 Å². The smallest absolute Gasteiger partial charge is 0.0681 e. The highest BCUT2D eigenvalue weighted by molar-refractivity contribution is 5.25. The summed E-state index contributed by atoms with van der Waals surface area (Å²) >= 11 is 0. The lowest BCUT2D eigenvalue weighted by atomic mass is 9.75. The molecule has 1 fully saturated rings. The van der Waals surface area contributed by atoms with Crippen LogP contribution in [0.25, 0.3) is 0 Å². The van der Waals surface area contributed by atoms with Crippen molar-refractivity contribution in [3.63, 3.8) is 0 Å². The molecule has 1 aliphatic carbocycles. The Hall–Kier alpha value is -0.830. The zero-order valence-corrected chi connectivity index (χ0v) is 10.2. The fraction of sp³-hybridized carbons (Fsp3) is 0.750. The molecular weight excluding hydrogens is 186 g/mol. The summed E-state index contributed by atoms with van der Waals surface area (Å²) < 4.78 is 1.96. The molecule has 0 aromatic carbocycles. The first kappa shape index (κ1) is 10.7. The molecule has 3 heteroatoms. The first-order valence-corrected chi connectivity index (χ1v) is 5.67. The average Bonchev–Trinajstić information content (AvgIpc) is 2.42. The van der Waals surface area contributed by atoms with Gasteiger partial charge in [0.1, 0.15) is 0 Å². The molecule has 0 radical (unpaired) electrons. The summed E-state index contributed by atoms with van der Waals surface area (Å²) in [4.78, 5) is 0. The lowest BCUT2D eigenvalue weighted by Crippen LogP contribution is -2.44. The second kappa shape index (κ2) is 3.08. The van der Waals surface area contributed by atoms with E-state index >= 15 is 0 Å². The maximum Gasteiger partial charge on any atom is 0.0681 e. The van der Waals surface area contributed by atoms with Crippen molar-refractivity contribution < 1.29 is 0 Å². The van der Waals surface area contributed by atoms with Crippen molar-refractivity contribution in [1.29, 1.82) is 0 Å². The predicted molar refractivity (Wildman–Crippen MR) is 61.6 cm³/mol. The summed E-state index contributed by atoms with van der Waals surface area (Å²) in [6.07, 6.45) is 3.43. The van der Waals surface area contributed by atoms with E-state index in [0.717, 1.165) is 18.5 Å². The van der Waals surface area contributed by atoms with Gasteiger partial charge in [-0.15, -0.1) is 0 Å². The van der Waals surface area contributed by atoms with Crippen LogP contribution in [0.3, 0.4) is 0 Å². The highest BCUT2D eigenvalue weighted by atomic mass is 15.3. The summed E-state index contributed by atoms with van der Waals surface area (Å²) in [5.41, 5.74) is 8.65. The van der Waals surface area contributed by atoms with Gasteiger partial charge in [-0.25, -0.2) is 0 Å². The molecule has 1 aromatic heterocycles. The van der Waals surface area contributed by atoms with Crippen LogP contribution in [0, 0.1) is 0 Å². The van der Waals surface area contributed by atoms with E-state index in [-0.39, 0.29) is 11.0 Å². The first-order valence-electron chi connectivity index (χ1n) is 5.67. The van der Waals surface area contributed by atoms with Gasteiger partial charge in [-0.3, -0.25) is 4.68 Å². The van der Waals surface area contributed by atoms with E-state index in [1.165, 1.54) is 12.1 Å². The van der Waals surface area contributed by atoms with Crippen LogP contribution in [-0.4, -0.2) is 9.78 Å². The minimum atomic E-state index is -0.106. The third-order valence-electron chi connectivity index (χ3n) is 3.40. The molecule has 1 heterocycles. The maximum absolute atomic E-state index is 6.32. The Kier molecular flexibility index (Phi) is 2.19. The molecule has 0 amide bonds. The van der Waals surface area contributed by atoms with Crippen LogP contribution in [0.15, 0.2) is 6.07 Å². The van der Waals surface area contributed by atoms with Crippen LogP contribution in [0.1, 0.15) is 51.4 Å². The molecule has 2 rings (SSSR count). The second-order valence-corrected chi connectivity index (χ2v) is 5.80. The molecule has 0 atom stereocenters. The number of nitrogens with zero attached hydrogens (tertiary/aromatic N) is 2. The van der Waals surface area contributed by atoms with E-state index in [9.17, 15) is 0 Å². The van der Waals surface area contributed by atoms with E-state index < -0.39 is 0 Å². The Labute approximate surface area is 91.7 Å². The van der Waals surface area contributed by atoms with Crippen molar-refractivity contribution >= 4 is 0 Å². The number of hydrogen-bond acceptors (Lipinski definition) is 2. The third-order valence-corrected chi connectivity index (χ3v) is 3.40. The molecule has 3 nitrogen and oxygen atoms in total. The number of aromatic nitrogens is 2. The molecule has 1 aromatic rings. The fourth-order valence-electron chi connectivity index (χ4n) is 2.11. The number of aryl methyl sites for hydroxylation is 1. The van der Waals surface area contributed by atoms with Gasteiger partial charge in [-0.1, -0.05) is 20.8 Å². The van der Waals surface area contributed by atoms with Crippen LogP contribution in [-0.2, 0) is 18.0 Å². The molecule has 1 aliphatic rings. The van der Waals surface area contributed by atoms with Gasteiger partial charge >= 0.3 is 0 Å². The molecule has 1 saturated carbocycles. The minimum absolute atomic E-state index is 0.106. The second-order valence-electron chi connectivity index (χ2n) is 5.80. The predicted octanol–water partition coefficient (Wildman–Crippen LogP) is 2.06. The molecule has 84 valence electrons. The Morgan fingerprint density at radius 1 is 1.40 bits per heavy atom. The highest BCUT2D eigenvalue weighted by Crippen LogP contribution is 2.39. The van der Waals surface area contributed by atoms with Crippen LogP contribution in [0.4, 0.5) is 0 Å². The molecule has 0 saturated heterocycles. The molecular formula is C12H21N3. The van der Waals surface area contributed by atoms with Gasteiger partial charge in [0.05, 0.1) is 16.9 Å². The molecule has 0 bridgehead atoms. The number of rotatable bonds is 1. The minimum Gasteiger partial charge on any atom is -0.320 e. The molecule has 0 spiro atoms. The average molecular weight is 207 g/mol. The van der Waals surface area contributed by atoms with Gasteiger partial charge < -0.3 is 5.73 Å². The van der Waals surface area contributed by atoms with Gasteiger partial charge in [0, 0.05) is 12.5 Å². The zero-order chi connectivity index (χ0) is 11.3. The van der Waals surface area contributed by atoms with Crippen molar-refractivity contribution in [2.75, 3.05) is 0 Å². The van der Waals surface area contributed by atoms with E-state index in [4.69, 9.17) is 5.73 Å². The number of nitrogens with two attached hydrogens (primary N) is 1. The summed E-state index contributed by atoms with van der Waals surface area (Å²) in [5, 5.41) is 4.57. The Morgan fingerprint density at radius 3 is 2.33 bits per heavy atom. The number of hydrogen-bond donors (Lipinski definition) is 1. The van der Waals surface area contributed by atoms with Crippen LogP contribution in [0.2, 0.25) is 0 Å². The summed E-state index contributed by atoms with van der Waals surface area (Å²) in [7, 11) is 2.00. The summed E-state index contributed by atoms with van der Waals surface area (Å²) in [5.74, 6) is 0. The molecule has 0 aliphatic heterocycles. The third kappa shape index (κ3) is 1.69. The van der Waals surface area contributed by atoms with Gasteiger partial charge in [0.15, 0.2) is 0 Å². The van der Waals surface area contributed by atoms with E-state index in [1.54, 1.807) is 0 Å². The topological polar surface area (TPSA) is 43.8 Å². The van der Waals surface area contributed by atoms with Crippen molar-refractivity contribution in [2.45, 2.75) is 51.0 Å². The Balaban J connectivity index is 2.38. The molecule has 2 N–H and O–H groups in total. The first-order chi connectivity index (χ1) is 6.83. The largest absolute Gasteiger partial charge is 0.320 e. The van der Waals surface area contributed by atoms with Gasteiger partial charge in [-0.2, -0.15) is 5.10 Å². The lowest BCUT2D eigenvalue weighted by molar-refractivity contribution is 0.237. The monoisotopic (exact) mass is 207 g/mol. The van der Waals surface area contributed by atoms with Crippen LogP contribution < -0.4 is 5.73 Å². The van der Waals surface area contributed by atoms with Crippen molar-refractivity contribution in [2.24, 2.45) is 12.8 Å².